The van der Waals surface area contributed by atoms with E-state index in [0.29, 0.717) is 41.2 Å². The van der Waals surface area contributed by atoms with Gasteiger partial charge in [-0.15, -0.1) is 0 Å². The first-order chi connectivity index (χ1) is 15.4. The molecule has 1 unspecified atom stereocenters. The quantitative estimate of drug-likeness (QED) is 0.377. The van der Waals surface area contributed by atoms with E-state index < -0.39 is 17.7 Å². The molecular formula is C22H26ClN3O6. The van der Waals surface area contributed by atoms with Crippen LogP contribution in [0.2, 0.25) is 5.02 Å². The van der Waals surface area contributed by atoms with Crippen molar-refractivity contribution < 1.29 is 28.5 Å². The van der Waals surface area contributed by atoms with Gasteiger partial charge in [0.25, 0.3) is 5.91 Å². The lowest BCUT2D eigenvalue weighted by Crippen LogP contribution is -2.32. The van der Waals surface area contributed by atoms with Gasteiger partial charge in [0.2, 0.25) is 6.04 Å². The van der Waals surface area contributed by atoms with E-state index in [2.05, 4.69) is 15.5 Å². The number of hydrogen-bond donors (Lipinski definition) is 1. The number of methoxy groups -OCH3 is 2. The summed E-state index contributed by atoms with van der Waals surface area (Å²) in [7, 11) is 2.86. The highest BCUT2D eigenvalue weighted by molar-refractivity contribution is 6.31. The Morgan fingerprint density at radius 2 is 1.75 bits per heavy atom. The Kier molecular flexibility index (Phi) is 9.27. The summed E-state index contributed by atoms with van der Waals surface area (Å²) in [5.74, 6) is 0.244. The molecule has 0 aliphatic heterocycles. The summed E-state index contributed by atoms with van der Waals surface area (Å²) >= 11 is 6.09. The molecule has 0 radical (unpaired) electrons. The number of para-hydroxylation sites is 1. The molecule has 1 atom stereocenters. The van der Waals surface area contributed by atoms with Crippen molar-refractivity contribution in [2.75, 3.05) is 32.8 Å². The number of hydrogen-bond acceptors (Lipinski definition) is 8. The maximum absolute atomic E-state index is 12.9. The van der Waals surface area contributed by atoms with Gasteiger partial charge in [0.05, 0.1) is 33.1 Å². The Bertz CT molecular complexity index is 996. The Labute approximate surface area is 191 Å². The molecule has 0 heterocycles. The molecule has 172 valence electrons. The molecule has 1 amide bonds. The Morgan fingerprint density at radius 1 is 1.03 bits per heavy atom. The van der Waals surface area contributed by atoms with Gasteiger partial charge in [-0.3, -0.25) is 9.59 Å². The fraction of sp³-hybridized carbons (Fsp3) is 0.364. The molecule has 1 N–H and O–H groups in total. The molecule has 32 heavy (non-hydrogen) atoms. The van der Waals surface area contributed by atoms with E-state index in [4.69, 9.17) is 30.5 Å². The van der Waals surface area contributed by atoms with E-state index in [1.165, 1.54) is 27.2 Å². The van der Waals surface area contributed by atoms with Crippen LogP contribution >= 0.6 is 11.6 Å². The smallest absolute Gasteiger partial charge is 0.258 e. The average Bonchev–Trinajstić information content (AvgIpc) is 2.75. The zero-order chi connectivity index (χ0) is 23.7. The lowest BCUT2D eigenvalue weighted by molar-refractivity contribution is -0.126. The number of benzene rings is 2. The summed E-state index contributed by atoms with van der Waals surface area (Å²) in [5.41, 5.74) is 0.565. The number of carbonyl (C=O) groups is 2. The van der Waals surface area contributed by atoms with Crippen molar-refractivity contribution in [2.24, 2.45) is 10.2 Å². The summed E-state index contributed by atoms with van der Waals surface area (Å²) in [6, 6.07) is 6.72. The highest BCUT2D eigenvalue weighted by Crippen LogP contribution is 2.39. The summed E-state index contributed by atoms with van der Waals surface area (Å²) in [6.07, 6.45) is 0. The molecule has 0 saturated carbocycles. The highest BCUT2D eigenvalue weighted by Gasteiger charge is 2.25. The molecule has 0 aromatic heterocycles. The highest BCUT2D eigenvalue weighted by atomic mass is 35.5. The first kappa shape index (κ1) is 24.9. The van der Waals surface area contributed by atoms with Crippen LogP contribution in [-0.4, -0.2) is 45.2 Å². The Morgan fingerprint density at radius 3 is 2.34 bits per heavy atom. The van der Waals surface area contributed by atoms with Crippen LogP contribution in [-0.2, 0) is 9.59 Å². The zero-order valence-electron chi connectivity index (χ0n) is 18.6. The van der Waals surface area contributed by atoms with Crippen LogP contribution in [0.1, 0.15) is 20.8 Å². The van der Waals surface area contributed by atoms with Gasteiger partial charge in [-0.25, -0.2) is 0 Å². The molecule has 0 bridgehead atoms. The van der Waals surface area contributed by atoms with Crippen molar-refractivity contribution in [2.45, 2.75) is 26.8 Å². The van der Waals surface area contributed by atoms with Crippen LogP contribution in [0.25, 0.3) is 0 Å². The van der Waals surface area contributed by atoms with Crippen LogP contribution in [0, 0.1) is 0 Å². The minimum atomic E-state index is -1.41. The van der Waals surface area contributed by atoms with Gasteiger partial charge in [-0.2, -0.15) is 10.2 Å². The third-order valence-electron chi connectivity index (χ3n) is 4.16. The zero-order valence-corrected chi connectivity index (χ0v) is 19.4. The summed E-state index contributed by atoms with van der Waals surface area (Å²) in [5, 5.41) is 11.0. The van der Waals surface area contributed by atoms with Crippen LogP contribution in [0.5, 0.6) is 23.0 Å². The second kappa shape index (κ2) is 11.9. The lowest BCUT2D eigenvalue weighted by Gasteiger charge is -2.16. The first-order valence-corrected chi connectivity index (χ1v) is 10.3. The number of amides is 1. The van der Waals surface area contributed by atoms with E-state index in [-0.39, 0.29) is 11.4 Å². The molecule has 0 aliphatic rings. The lowest BCUT2D eigenvalue weighted by atomic mass is 10.2. The second-order valence-electron chi connectivity index (χ2n) is 6.38. The largest absolute Gasteiger partial charge is 0.493 e. The van der Waals surface area contributed by atoms with Gasteiger partial charge in [0.1, 0.15) is 5.69 Å². The predicted molar refractivity (Wildman–Crippen MR) is 121 cm³/mol. The van der Waals surface area contributed by atoms with Crippen LogP contribution in [0.15, 0.2) is 40.6 Å². The number of rotatable bonds is 11. The summed E-state index contributed by atoms with van der Waals surface area (Å²) in [6.45, 7) is 5.73. The van der Waals surface area contributed by atoms with Gasteiger partial charge in [0.15, 0.2) is 28.8 Å². The third kappa shape index (κ3) is 6.10. The number of anilines is 1. The Balaban J connectivity index is 2.36. The molecule has 0 aliphatic carbocycles. The van der Waals surface area contributed by atoms with Gasteiger partial charge >= 0.3 is 0 Å². The first-order valence-electron chi connectivity index (χ1n) is 9.88. The van der Waals surface area contributed by atoms with Crippen molar-refractivity contribution in [1.29, 1.82) is 0 Å². The normalized spacial score (nSPS) is 11.7. The number of carbonyl (C=O) groups excluding carboxylic acids is 2. The minimum Gasteiger partial charge on any atom is -0.493 e. The minimum absolute atomic E-state index is 0.233. The van der Waals surface area contributed by atoms with Crippen LogP contribution in [0.3, 0.4) is 0 Å². The van der Waals surface area contributed by atoms with Gasteiger partial charge < -0.3 is 24.3 Å². The van der Waals surface area contributed by atoms with Crippen molar-refractivity contribution in [1.82, 2.24) is 0 Å². The fourth-order valence-corrected chi connectivity index (χ4v) is 3.01. The van der Waals surface area contributed by atoms with Crippen molar-refractivity contribution in [3.8, 4) is 23.0 Å². The molecule has 0 saturated heterocycles. The molecule has 2 aromatic rings. The number of halogens is 1. The number of ketones is 1. The number of nitrogens with zero attached hydrogens (tertiary/aromatic N) is 2. The maximum Gasteiger partial charge on any atom is 0.258 e. The fourth-order valence-electron chi connectivity index (χ4n) is 2.80. The molecule has 0 fully saturated rings. The van der Waals surface area contributed by atoms with E-state index in [1.54, 1.807) is 24.3 Å². The monoisotopic (exact) mass is 463 g/mol. The SMILES string of the molecule is CCOc1cccc(N=NC(C(C)=O)C(=O)Nc2cc(Cl)cc(OC)c2OC)c1OCC. The van der Waals surface area contributed by atoms with Crippen molar-refractivity contribution in [3.05, 3.63) is 35.4 Å². The van der Waals surface area contributed by atoms with Gasteiger partial charge in [0, 0.05) is 11.1 Å². The predicted octanol–water partition coefficient (Wildman–Crippen LogP) is 4.83. The van der Waals surface area contributed by atoms with Crippen molar-refractivity contribution in [3.63, 3.8) is 0 Å². The number of nitrogens with one attached hydrogen (secondary N) is 1. The molecule has 2 rings (SSSR count). The molecule has 0 spiro atoms. The Hall–Kier alpha value is -3.33. The number of ether oxygens (including phenoxy) is 4. The summed E-state index contributed by atoms with van der Waals surface area (Å²) < 4.78 is 21.7. The average molecular weight is 464 g/mol. The van der Waals surface area contributed by atoms with E-state index in [0.717, 1.165) is 0 Å². The molecule has 9 nitrogen and oxygen atoms in total. The molecule has 2 aromatic carbocycles. The van der Waals surface area contributed by atoms with E-state index in [1.807, 2.05) is 13.8 Å². The molecular weight excluding hydrogens is 438 g/mol. The summed E-state index contributed by atoms with van der Waals surface area (Å²) in [4.78, 5) is 25.0. The van der Waals surface area contributed by atoms with Gasteiger partial charge in [-0.05, 0) is 39.0 Å². The molecule has 10 heteroatoms. The van der Waals surface area contributed by atoms with Gasteiger partial charge in [-0.1, -0.05) is 17.7 Å². The number of Topliss-reactive ketones (excluding diaryl/α,β-unsaturated/α-hetero) is 1. The third-order valence-corrected chi connectivity index (χ3v) is 4.38. The van der Waals surface area contributed by atoms with E-state index >= 15 is 0 Å². The maximum atomic E-state index is 12.9. The van der Waals surface area contributed by atoms with Crippen molar-refractivity contribution >= 4 is 34.7 Å². The topological polar surface area (TPSA) is 108 Å². The second-order valence-corrected chi connectivity index (χ2v) is 6.81. The standard InChI is InChI=1S/C22H26ClN3O6/c1-6-31-17-10-8-9-15(21(17)32-7-2)25-26-19(13(3)27)22(28)24-16-11-14(23)12-18(29-4)20(16)30-5/h8-12,19H,6-7H2,1-5H3,(H,24,28). The van der Waals surface area contributed by atoms with E-state index in [9.17, 15) is 9.59 Å². The number of azo groups is 1. The van der Waals surface area contributed by atoms with Crippen LogP contribution < -0.4 is 24.3 Å². The van der Waals surface area contributed by atoms with Crippen LogP contribution in [0.4, 0.5) is 11.4 Å².